The zero-order chi connectivity index (χ0) is 14.8. The summed E-state index contributed by atoms with van der Waals surface area (Å²) in [7, 11) is 1.63. The summed E-state index contributed by atoms with van der Waals surface area (Å²) in [4.78, 5) is 8.32. The fraction of sp³-hybridized carbons (Fsp3) is 0.438. The van der Waals surface area contributed by atoms with Crippen LogP contribution < -0.4 is 10.5 Å². The van der Waals surface area contributed by atoms with Crippen molar-refractivity contribution in [2.24, 2.45) is 5.73 Å². The second-order valence-corrected chi connectivity index (χ2v) is 6.35. The van der Waals surface area contributed by atoms with Gasteiger partial charge in [0.1, 0.15) is 0 Å². The third-order valence-corrected chi connectivity index (χ3v) is 5.30. The zero-order valence-corrected chi connectivity index (χ0v) is 13.3. The molecular weight excluding hydrogens is 282 g/mol. The first-order chi connectivity index (χ1) is 10.2. The molecule has 0 radical (unpaired) electrons. The van der Waals surface area contributed by atoms with E-state index in [1.807, 2.05) is 23.6 Å². The molecule has 2 atom stereocenters. The van der Waals surface area contributed by atoms with E-state index in [4.69, 9.17) is 10.5 Å². The molecule has 3 heterocycles. The summed E-state index contributed by atoms with van der Waals surface area (Å²) in [6, 6.07) is 6.82. The quantitative estimate of drug-likeness (QED) is 0.943. The minimum Gasteiger partial charge on any atom is -0.481 e. The molecule has 2 unspecified atom stereocenters. The van der Waals surface area contributed by atoms with E-state index in [9.17, 15) is 0 Å². The smallest absolute Gasteiger partial charge is 0.212 e. The minimum atomic E-state index is 0.200. The predicted molar refractivity (Wildman–Crippen MR) is 85.7 cm³/mol. The Bertz CT molecular complexity index is 596. The van der Waals surface area contributed by atoms with Crippen molar-refractivity contribution in [2.75, 3.05) is 20.2 Å². The predicted octanol–water partition coefficient (Wildman–Crippen LogP) is 2.77. The van der Waals surface area contributed by atoms with Gasteiger partial charge in [0.25, 0.3) is 0 Å². The van der Waals surface area contributed by atoms with E-state index < -0.39 is 0 Å². The molecule has 0 aliphatic carbocycles. The molecule has 4 nitrogen and oxygen atoms in total. The normalized spacial score (nSPS) is 20.0. The van der Waals surface area contributed by atoms with Crippen molar-refractivity contribution in [3.8, 4) is 5.88 Å². The number of hydrogen-bond donors (Lipinski definition) is 1. The first-order valence-electron chi connectivity index (χ1n) is 7.26. The summed E-state index contributed by atoms with van der Waals surface area (Å²) in [5.74, 6) is 0.640. The van der Waals surface area contributed by atoms with Gasteiger partial charge in [-0.25, -0.2) is 4.98 Å². The highest BCUT2D eigenvalue weighted by Gasteiger charge is 2.30. The fourth-order valence-corrected chi connectivity index (χ4v) is 4.09. The van der Waals surface area contributed by atoms with Gasteiger partial charge in [-0.2, -0.15) is 0 Å². The van der Waals surface area contributed by atoms with Gasteiger partial charge in [-0.1, -0.05) is 6.07 Å². The molecule has 3 rings (SSSR count). The number of hydrogen-bond acceptors (Lipinski definition) is 5. The van der Waals surface area contributed by atoms with Crippen LogP contribution in [-0.4, -0.2) is 30.1 Å². The van der Waals surface area contributed by atoms with Crippen LogP contribution in [0.4, 0.5) is 0 Å². The van der Waals surface area contributed by atoms with Gasteiger partial charge < -0.3 is 10.5 Å². The van der Waals surface area contributed by atoms with Gasteiger partial charge in [-0.15, -0.1) is 11.3 Å². The number of pyridine rings is 1. The molecule has 0 bridgehead atoms. The Morgan fingerprint density at radius 3 is 3.00 bits per heavy atom. The van der Waals surface area contributed by atoms with E-state index in [1.165, 1.54) is 10.4 Å². The van der Waals surface area contributed by atoms with Crippen molar-refractivity contribution in [3.05, 3.63) is 45.8 Å². The van der Waals surface area contributed by atoms with E-state index in [0.29, 0.717) is 18.5 Å². The first kappa shape index (κ1) is 14.5. The number of methoxy groups -OCH3 is 1. The van der Waals surface area contributed by atoms with Crippen LogP contribution in [0.1, 0.15) is 35.0 Å². The summed E-state index contributed by atoms with van der Waals surface area (Å²) < 4.78 is 5.13. The third-order valence-electron chi connectivity index (χ3n) is 4.30. The van der Waals surface area contributed by atoms with Crippen molar-refractivity contribution in [1.29, 1.82) is 0 Å². The maximum atomic E-state index is 6.07. The fourth-order valence-electron chi connectivity index (χ4n) is 3.13. The average Bonchev–Trinajstić information content (AvgIpc) is 3.00. The molecule has 5 heteroatoms. The Balaban J connectivity index is 1.86. The van der Waals surface area contributed by atoms with E-state index >= 15 is 0 Å². The lowest BCUT2D eigenvalue weighted by molar-refractivity contribution is 0.138. The Morgan fingerprint density at radius 2 is 2.33 bits per heavy atom. The molecule has 0 saturated heterocycles. The number of fused-ring (bicyclic) bond motifs is 1. The molecule has 2 aromatic heterocycles. The van der Waals surface area contributed by atoms with Crippen LogP contribution >= 0.6 is 11.3 Å². The minimum absolute atomic E-state index is 0.200. The monoisotopic (exact) mass is 303 g/mol. The summed E-state index contributed by atoms with van der Waals surface area (Å²) in [6.45, 7) is 3.91. The van der Waals surface area contributed by atoms with E-state index in [1.54, 1.807) is 7.11 Å². The highest BCUT2D eigenvalue weighted by Crippen LogP contribution is 2.37. The van der Waals surface area contributed by atoms with E-state index in [0.717, 1.165) is 18.5 Å². The second-order valence-electron chi connectivity index (χ2n) is 5.35. The first-order valence-corrected chi connectivity index (χ1v) is 8.14. The Hall–Kier alpha value is -1.43. The molecule has 112 valence electrons. The van der Waals surface area contributed by atoms with Gasteiger partial charge in [0.15, 0.2) is 0 Å². The summed E-state index contributed by atoms with van der Waals surface area (Å²) in [5.41, 5.74) is 8.67. The molecule has 0 spiro atoms. The Labute approximate surface area is 129 Å². The molecule has 0 amide bonds. The number of thiophene rings is 1. The molecule has 1 aliphatic heterocycles. The topological polar surface area (TPSA) is 51.4 Å². The van der Waals surface area contributed by atoms with Gasteiger partial charge >= 0.3 is 0 Å². The van der Waals surface area contributed by atoms with Gasteiger partial charge in [0.2, 0.25) is 5.88 Å². The SMILES string of the molecule is COc1ccc(C(CN)N2CCc3sccc3C2C)cn1. The van der Waals surface area contributed by atoms with Crippen LogP contribution in [0, 0.1) is 0 Å². The van der Waals surface area contributed by atoms with Gasteiger partial charge in [0, 0.05) is 42.3 Å². The Kier molecular flexibility index (Phi) is 4.24. The molecular formula is C16H21N3OS. The molecule has 2 N–H and O–H groups in total. The van der Waals surface area contributed by atoms with Crippen molar-refractivity contribution in [3.63, 3.8) is 0 Å². The largest absolute Gasteiger partial charge is 0.481 e. The second kappa shape index (κ2) is 6.13. The number of aromatic nitrogens is 1. The summed E-state index contributed by atoms with van der Waals surface area (Å²) in [5, 5.41) is 2.19. The van der Waals surface area contributed by atoms with Crippen molar-refractivity contribution >= 4 is 11.3 Å². The maximum Gasteiger partial charge on any atom is 0.212 e. The maximum absolute atomic E-state index is 6.07. The van der Waals surface area contributed by atoms with Crippen LogP contribution in [0.5, 0.6) is 5.88 Å². The lowest BCUT2D eigenvalue weighted by Crippen LogP contribution is -2.39. The summed E-state index contributed by atoms with van der Waals surface area (Å²) >= 11 is 1.86. The van der Waals surface area contributed by atoms with Gasteiger partial charge in [-0.05, 0) is 35.9 Å². The number of ether oxygens (including phenoxy) is 1. The molecule has 0 saturated carbocycles. The average molecular weight is 303 g/mol. The number of rotatable bonds is 4. The highest BCUT2D eigenvalue weighted by atomic mass is 32.1. The van der Waals surface area contributed by atoms with Crippen LogP contribution in [0.2, 0.25) is 0 Å². The lowest BCUT2D eigenvalue weighted by atomic mass is 9.96. The summed E-state index contributed by atoms with van der Waals surface area (Å²) in [6.07, 6.45) is 2.99. The molecule has 0 aromatic carbocycles. The van der Waals surface area contributed by atoms with Crippen LogP contribution in [0.25, 0.3) is 0 Å². The van der Waals surface area contributed by atoms with Crippen molar-refractivity contribution < 1.29 is 4.74 Å². The molecule has 1 aliphatic rings. The molecule has 21 heavy (non-hydrogen) atoms. The highest BCUT2D eigenvalue weighted by molar-refractivity contribution is 7.10. The number of nitrogens with zero attached hydrogens (tertiary/aromatic N) is 2. The third kappa shape index (κ3) is 2.69. The van der Waals surface area contributed by atoms with Gasteiger partial charge in [-0.3, -0.25) is 4.90 Å². The molecule has 0 fully saturated rings. The molecule has 2 aromatic rings. The van der Waals surface area contributed by atoms with E-state index in [-0.39, 0.29) is 6.04 Å². The number of nitrogens with two attached hydrogens (primary N) is 1. The Morgan fingerprint density at radius 1 is 1.48 bits per heavy atom. The van der Waals surface area contributed by atoms with Crippen molar-refractivity contribution in [2.45, 2.75) is 25.4 Å². The van der Waals surface area contributed by atoms with Gasteiger partial charge in [0.05, 0.1) is 7.11 Å². The van der Waals surface area contributed by atoms with Crippen LogP contribution in [-0.2, 0) is 6.42 Å². The van der Waals surface area contributed by atoms with Crippen LogP contribution in [0.3, 0.4) is 0 Å². The standard InChI is InChI=1S/C16H21N3OS/c1-11-13-6-8-21-15(13)5-7-19(11)14(9-17)12-3-4-16(20-2)18-10-12/h3-4,6,8,10-11,14H,5,7,9,17H2,1-2H3. The van der Waals surface area contributed by atoms with Crippen molar-refractivity contribution in [1.82, 2.24) is 9.88 Å². The van der Waals surface area contributed by atoms with Crippen LogP contribution in [0.15, 0.2) is 29.8 Å². The lowest BCUT2D eigenvalue weighted by Gasteiger charge is -2.39. The zero-order valence-electron chi connectivity index (χ0n) is 12.5. The van der Waals surface area contributed by atoms with E-state index in [2.05, 4.69) is 34.3 Å².